The van der Waals surface area contributed by atoms with Crippen molar-refractivity contribution in [3.8, 4) is 0 Å². The van der Waals surface area contributed by atoms with Gasteiger partial charge in [-0.05, 0) is 26.0 Å². The first kappa shape index (κ1) is 16.9. The summed E-state index contributed by atoms with van der Waals surface area (Å²) in [5.41, 5.74) is 0. The molecule has 4 nitrogen and oxygen atoms in total. The van der Waals surface area contributed by atoms with E-state index < -0.39 is 5.97 Å². The molecular formula is C14H18ClNO3S. The topological polar surface area (TPSA) is 57.6 Å². The molecule has 0 saturated carbocycles. The van der Waals surface area contributed by atoms with E-state index in [1.807, 2.05) is 32.0 Å². The number of aliphatic carboxylic acids is 1. The zero-order valence-electron chi connectivity index (χ0n) is 11.5. The van der Waals surface area contributed by atoms with E-state index in [2.05, 4.69) is 0 Å². The molecule has 0 fully saturated rings. The molecule has 0 spiro atoms. The Morgan fingerprint density at radius 3 is 2.55 bits per heavy atom. The van der Waals surface area contributed by atoms with Gasteiger partial charge in [-0.1, -0.05) is 23.7 Å². The smallest absolute Gasteiger partial charge is 0.323 e. The predicted molar refractivity (Wildman–Crippen MR) is 81.3 cm³/mol. The lowest BCUT2D eigenvalue weighted by Crippen LogP contribution is -2.40. The summed E-state index contributed by atoms with van der Waals surface area (Å²) < 4.78 is 0. The molecule has 0 aliphatic heterocycles. The van der Waals surface area contributed by atoms with Crippen LogP contribution in [0.3, 0.4) is 0 Å². The molecule has 0 bridgehead atoms. The first-order valence-electron chi connectivity index (χ1n) is 6.30. The molecule has 0 unspecified atom stereocenters. The monoisotopic (exact) mass is 315 g/mol. The van der Waals surface area contributed by atoms with Crippen LogP contribution in [-0.2, 0) is 9.59 Å². The summed E-state index contributed by atoms with van der Waals surface area (Å²) >= 11 is 7.52. The highest BCUT2D eigenvalue weighted by Crippen LogP contribution is 2.27. The van der Waals surface area contributed by atoms with E-state index in [9.17, 15) is 9.59 Å². The molecule has 0 radical (unpaired) electrons. The molecule has 1 amide bonds. The molecule has 0 aliphatic carbocycles. The molecule has 110 valence electrons. The minimum Gasteiger partial charge on any atom is -0.480 e. The number of hydrogen-bond acceptors (Lipinski definition) is 3. The Bertz CT molecular complexity index is 479. The molecule has 1 rings (SSSR count). The van der Waals surface area contributed by atoms with Crippen LogP contribution in [0.5, 0.6) is 0 Å². The predicted octanol–water partition coefficient (Wildman–Crippen LogP) is 3.14. The molecule has 6 heteroatoms. The van der Waals surface area contributed by atoms with Crippen molar-refractivity contribution >= 4 is 35.2 Å². The number of benzene rings is 1. The second-order valence-corrected chi connectivity index (χ2v) is 6.08. The number of carbonyl (C=O) groups is 2. The minimum absolute atomic E-state index is 0.121. The van der Waals surface area contributed by atoms with Gasteiger partial charge in [-0.2, -0.15) is 0 Å². The Kier molecular flexibility index (Phi) is 6.88. The van der Waals surface area contributed by atoms with Crippen LogP contribution in [0.25, 0.3) is 0 Å². The zero-order valence-corrected chi connectivity index (χ0v) is 13.1. The van der Waals surface area contributed by atoms with Gasteiger partial charge in [0.05, 0.1) is 5.02 Å². The third kappa shape index (κ3) is 5.43. The SMILES string of the molecule is CC(C)N(CC(=O)O)C(=O)CCSc1ccccc1Cl. The highest BCUT2D eigenvalue weighted by molar-refractivity contribution is 7.99. The highest BCUT2D eigenvalue weighted by atomic mass is 35.5. The lowest BCUT2D eigenvalue weighted by molar-refractivity contribution is -0.145. The fourth-order valence-electron chi connectivity index (χ4n) is 1.66. The zero-order chi connectivity index (χ0) is 15.1. The summed E-state index contributed by atoms with van der Waals surface area (Å²) in [7, 11) is 0. The lowest BCUT2D eigenvalue weighted by atomic mass is 10.3. The standard InChI is InChI=1S/C14H18ClNO3S/c1-10(2)16(9-14(18)19)13(17)7-8-20-12-6-4-3-5-11(12)15/h3-6,10H,7-9H2,1-2H3,(H,18,19). The lowest BCUT2D eigenvalue weighted by Gasteiger charge is -2.24. The van der Waals surface area contributed by atoms with Gasteiger partial charge in [0, 0.05) is 23.1 Å². The molecule has 0 aromatic heterocycles. The van der Waals surface area contributed by atoms with Gasteiger partial charge in [0.25, 0.3) is 0 Å². The number of nitrogens with zero attached hydrogens (tertiary/aromatic N) is 1. The van der Waals surface area contributed by atoms with Crippen LogP contribution in [0.1, 0.15) is 20.3 Å². The van der Waals surface area contributed by atoms with E-state index in [0.29, 0.717) is 17.2 Å². The number of thioether (sulfide) groups is 1. The van der Waals surface area contributed by atoms with E-state index in [4.69, 9.17) is 16.7 Å². The maximum atomic E-state index is 12.0. The Hall–Kier alpha value is -1.20. The maximum Gasteiger partial charge on any atom is 0.323 e. The van der Waals surface area contributed by atoms with Crippen molar-refractivity contribution in [1.82, 2.24) is 4.90 Å². The third-order valence-corrected chi connectivity index (χ3v) is 4.18. The van der Waals surface area contributed by atoms with Crippen LogP contribution in [-0.4, -0.2) is 40.2 Å². The average molecular weight is 316 g/mol. The number of hydrogen-bond donors (Lipinski definition) is 1. The second kappa shape index (κ2) is 8.17. The third-order valence-electron chi connectivity index (χ3n) is 2.66. The van der Waals surface area contributed by atoms with Crippen molar-refractivity contribution in [3.63, 3.8) is 0 Å². The average Bonchev–Trinajstić information content (AvgIpc) is 2.37. The number of carboxylic acids is 1. The van der Waals surface area contributed by atoms with E-state index >= 15 is 0 Å². The Morgan fingerprint density at radius 1 is 1.35 bits per heavy atom. The van der Waals surface area contributed by atoms with Crippen LogP contribution >= 0.6 is 23.4 Å². The number of amides is 1. The summed E-state index contributed by atoms with van der Waals surface area (Å²) in [4.78, 5) is 25.1. The fourth-order valence-corrected chi connectivity index (χ4v) is 2.83. The van der Waals surface area contributed by atoms with Crippen molar-refractivity contribution in [3.05, 3.63) is 29.3 Å². The van der Waals surface area contributed by atoms with E-state index in [1.165, 1.54) is 16.7 Å². The molecule has 1 N–H and O–H groups in total. The van der Waals surface area contributed by atoms with Gasteiger partial charge in [-0.25, -0.2) is 0 Å². The van der Waals surface area contributed by atoms with Crippen molar-refractivity contribution < 1.29 is 14.7 Å². The molecule has 0 atom stereocenters. The maximum absolute atomic E-state index is 12.0. The van der Waals surface area contributed by atoms with Crippen LogP contribution in [0, 0.1) is 0 Å². The Morgan fingerprint density at radius 2 is 2.00 bits per heavy atom. The van der Waals surface area contributed by atoms with Crippen LogP contribution in [0.2, 0.25) is 5.02 Å². The first-order chi connectivity index (χ1) is 9.41. The quantitative estimate of drug-likeness (QED) is 0.785. The summed E-state index contributed by atoms with van der Waals surface area (Å²) in [5, 5.41) is 9.47. The summed E-state index contributed by atoms with van der Waals surface area (Å²) in [5.74, 6) is -0.571. The summed E-state index contributed by atoms with van der Waals surface area (Å²) in [6.07, 6.45) is 0.293. The number of rotatable bonds is 7. The summed E-state index contributed by atoms with van der Waals surface area (Å²) in [6.45, 7) is 3.36. The van der Waals surface area contributed by atoms with E-state index in [-0.39, 0.29) is 18.5 Å². The summed E-state index contributed by atoms with van der Waals surface area (Å²) in [6, 6.07) is 7.32. The molecule has 0 aliphatic rings. The van der Waals surface area contributed by atoms with Gasteiger partial charge in [0.2, 0.25) is 5.91 Å². The van der Waals surface area contributed by atoms with Crippen LogP contribution in [0.15, 0.2) is 29.2 Å². The van der Waals surface area contributed by atoms with Gasteiger partial charge in [0.1, 0.15) is 6.54 Å². The van der Waals surface area contributed by atoms with E-state index in [1.54, 1.807) is 6.07 Å². The minimum atomic E-state index is -0.995. The fraction of sp³-hybridized carbons (Fsp3) is 0.429. The molecule has 1 aromatic rings. The largest absolute Gasteiger partial charge is 0.480 e. The Labute approximate surface area is 128 Å². The van der Waals surface area contributed by atoms with Gasteiger partial charge in [0.15, 0.2) is 0 Å². The number of halogens is 1. The van der Waals surface area contributed by atoms with Crippen molar-refractivity contribution in [2.45, 2.75) is 31.2 Å². The van der Waals surface area contributed by atoms with Crippen molar-refractivity contribution in [1.29, 1.82) is 0 Å². The van der Waals surface area contributed by atoms with Crippen LogP contribution < -0.4 is 0 Å². The van der Waals surface area contributed by atoms with Gasteiger partial charge < -0.3 is 10.0 Å². The first-order valence-corrected chi connectivity index (χ1v) is 7.66. The second-order valence-electron chi connectivity index (χ2n) is 4.54. The van der Waals surface area contributed by atoms with Gasteiger partial charge in [-0.15, -0.1) is 11.8 Å². The van der Waals surface area contributed by atoms with Gasteiger partial charge in [-0.3, -0.25) is 9.59 Å². The van der Waals surface area contributed by atoms with Gasteiger partial charge >= 0.3 is 5.97 Å². The molecule has 0 heterocycles. The molecule has 20 heavy (non-hydrogen) atoms. The highest BCUT2D eigenvalue weighted by Gasteiger charge is 2.19. The Balaban J connectivity index is 2.49. The normalized spacial score (nSPS) is 10.6. The molecule has 0 saturated heterocycles. The molecule has 1 aromatic carbocycles. The van der Waals surface area contributed by atoms with Crippen LogP contribution in [0.4, 0.5) is 0 Å². The van der Waals surface area contributed by atoms with Crippen molar-refractivity contribution in [2.24, 2.45) is 0 Å². The molecular weight excluding hydrogens is 298 g/mol. The number of carboxylic acid groups (broad SMARTS) is 1. The van der Waals surface area contributed by atoms with E-state index in [0.717, 1.165) is 4.90 Å². The van der Waals surface area contributed by atoms with Crippen molar-refractivity contribution in [2.75, 3.05) is 12.3 Å². The number of carbonyl (C=O) groups excluding carboxylic acids is 1.